The van der Waals surface area contributed by atoms with Crippen LogP contribution in [0.5, 0.6) is 0 Å². The highest BCUT2D eigenvalue weighted by atomic mass is 16.6. The highest BCUT2D eigenvalue weighted by Gasteiger charge is 2.23. The van der Waals surface area contributed by atoms with E-state index in [1.54, 1.807) is 0 Å². The second-order valence-electron chi connectivity index (χ2n) is 2.76. The van der Waals surface area contributed by atoms with Gasteiger partial charge in [-0.05, 0) is 12.8 Å². The van der Waals surface area contributed by atoms with Gasteiger partial charge in [0.25, 0.3) is 0 Å². The van der Waals surface area contributed by atoms with Gasteiger partial charge in [0.15, 0.2) is 0 Å². The SMILES string of the molecule is NCC(=O)OC[C@@H]1CC[C@H](N)O1. The third kappa shape index (κ3) is 2.77. The van der Waals surface area contributed by atoms with Crippen LogP contribution in [0.15, 0.2) is 0 Å². The molecule has 1 aliphatic rings. The van der Waals surface area contributed by atoms with Gasteiger partial charge in [0, 0.05) is 0 Å². The van der Waals surface area contributed by atoms with Crippen LogP contribution >= 0.6 is 0 Å². The number of ether oxygens (including phenoxy) is 2. The summed E-state index contributed by atoms with van der Waals surface area (Å²) in [6, 6.07) is 0. The van der Waals surface area contributed by atoms with Crippen molar-refractivity contribution in [3.05, 3.63) is 0 Å². The van der Waals surface area contributed by atoms with E-state index in [9.17, 15) is 4.79 Å². The van der Waals surface area contributed by atoms with Crippen LogP contribution in [0, 0.1) is 0 Å². The van der Waals surface area contributed by atoms with E-state index in [0.29, 0.717) is 0 Å². The van der Waals surface area contributed by atoms with Gasteiger partial charge in [0.05, 0.1) is 12.6 Å². The Bertz CT molecular complexity index is 163. The van der Waals surface area contributed by atoms with E-state index in [0.717, 1.165) is 12.8 Å². The first-order valence-electron chi connectivity index (χ1n) is 3.99. The summed E-state index contributed by atoms with van der Waals surface area (Å²) in [5.74, 6) is -0.404. The zero-order valence-electron chi connectivity index (χ0n) is 6.86. The molecule has 0 aromatic carbocycles. The Morgan fingerprint density at radius 1 is 1.58 bits per heavy atom. The van der Waals surface area contributed by atoms with Crippen LogP contribution in [0.2, 0.25) is 0 Å². The maximum absolute atomic E-state index is 10.6. The minimum Gasteiger partial charge on any atom is -0.462 e. The zero-order valence-corrected chi connectivity index (χ0v) is 6.86. The van der Waals surface area contributed by atoms with Crippen LogP contribution in [0.4, 0.5) is 0 Å². The molecule has 0 aromatic rings. The molecule has 0 amide bonds. The number of hydrogen-bond donors (Lipinski definition) is 2. The molecule has 12 heavy (non-hydrogen) atoms. The van der Waals surface area contributed by atoms with Gasteiger partial charge in [0.2, 0.25) is 0 Å². The van der Waals surface area contributed by atoms with Gasteiger partial charge < -0.3 is 20.9 Å². The second-order valence-corrected chi connectivity index (χ2v) is 2.76. The van der Waals surface area contributed by atoms with Gasteiger partial charge >= 0.3 is 5.97 Å². The van der Waals surface area contributed by atoms with Crippen LogP contribution in [0.3, 0.4) is 0 Å². The standard InChI is InChI=1S/C7H14N2O3/c8-3-7(10)11-4-5-1-2-6(9)12-5/h5-6H,1-4,8-9H2/t5-,6+/m0/s1. The molecule has 0 unspecified atom stereocenters. The van der Waals surface area contributed by atoms with E-state index >= 15 is 0 Å². The maximum Gasteiger partial charge on any atom is 0.319 e. The van der Waals surface area contributed by atoms with Crippen LogP contribution in [-0.4, -0.2) is 31.5 Å². The van der Waals surface area contributed by atoms with Gasteiger partial charge in [-0.25, -0.2) is 0 Å². The molecule has 0 bridgehead atoms. The molecule has 70 valence electrons. The lowest BCUT2D eigenvalue weighted by Crippen LogP contribution is -2.25. The first kappa shape index (κ1) is 9.44. The van der Waals surface area contributed by atoms with Crippen LogP contribution < -0.4 is 11.5 Å². The second kappa shape index (κ2) is 4.39. The molecule has 1 aliphatic heterocycles. The first-order valence-corrected chi connectivity index (χ1v) is 3.99. The summed E-state index contributed by atoms with van der Waals surface area (Å²) in [7, 11) is 0. The lowest BCUT2D eigenvalue weighted by Gasteiger charge is -2.10. The first-order chi connectivity index (χ1) is 5.72. The number of carbonyl (C=O) groups excluding carboxylic acids is 1. The van der Waals surface area contributed by atoms with Gasteiger partial charge in [-0.2, -0.15) is 0 Å². The number of nitrogens with two attached hydrogens (primary N) is 2. The Labute approximate surface area is 71.0 Å². The van der Waals surface area contributed by atoms with Crippen LogP contribution in [-0.2, 0) is 14.3 Å². The van der Waals surface area contributed by atoms with E-state index in [1.807, 2.05) is 0 Å². The molecule has 5 nitrogen and oxygen atoms in total. The Balaban J connectivity index is 2.11. The lowest BCUT2D eigenvalue weighted by atomic mass is 10.2. The molecule has 5 heteroatoms. The quantitative estimate of drug-likeness (QED) is 0.533. The average Bonchev–Trinajstić information content (AvgIpc) is 2.47. The van der Waals surface area contributed by atoms with Crippen molar-refractivity contribution in [2.24, 2.45) is 11.5 Å². The number of carbonyl (C=O) groups is 1. The van der Waals surface area contributed by atoms with E-state index in [1.165, 1.54) is 0 Å². The fourth-order valence-corrected chi connectivity index (χ4v) is 1.10. The van der Waals surface area contributed by atoms with Crippen LogP contribution in [0.1, 0.15) is 12.8 Å². The Morgan fingerprint density at radius 2 is 2.33 bits per heavy atom. The van der Waals surface area contributed by atoms with Crippen LogP contribution in [0.25, 0.3) is 0 Å². The highest BCUT2D eigenvalue weighted by molar-refractivity contribution is 5.71. The Hall–Kier alpha value is -0.650. The zero-order chi connectivity index (χ0) is 8.97. The third-order valence-corrected chi connectivity index (χ3v) is 1.74. The lowest BCUT2D eigenvalue weighted by molar-refractivity contribution is -0.145. The van der Waals surface area contributed by atoms with E-state index < -0.39 is 5.97 Å². The monoisotopic (exact) mass is 174 g/mol. The molecule has 1 fully saturated rings. The van der Waals surface area contributed by atoms with Gasteiger partial charge in [0.1, 0.15) is 12.8 Å². The molecule has 4 N–H and O–H groups in total. The molecule has 1 heterocycles. The topological polar surface area (TPSA) is 87.6 Å². The van der Waals surface area contributed by atoms with E-state index in [2.05, 4.69) is 0 Å². The average molecular weight is 174 g/mol. The normalized spacial score (nSPS) is 28.8. The fraction of sp³-hybridized carbons (Fsp3) is 0.857. The maximum atomic E-state index is 10.6. The van der Waals surface area contributed by atoms with Crippen molar-refractivity contribution in [1.82, 2.24) is 0 Å². The molecule has 1 saturated heterocycles. The van der Waals surface area contributed by atoms with Crippen molar-refractivity contribution in [2.45, 2.75) is 25.2 Å². The summed E-state index contributed by atoms with van der Waals surface area (Å²) >= 11 is 0. The highest BCUT2D eigenvalue weighted by Crippen LogP contribution is 2.15. The van der Waals surface area contributed by atoms with Gasteiger partial charge in [-0.15, -0.1) is 0 Å². The smallest absolute Gasteiger partial charge is 0.319 e. The van der Waals surface area contributed by atoms with Gasteiger partial charge in [-0.1, -0.05) is 0 Å². The molecule has 0 aliphatic carbocycles. The Kier molecular flexibility index (Phi) is 3.46. The summed E-state index contributed by atoms with van der Waals surface area (Å²) in [6.07, 6.45) is 1.42. The molecule has 0 radical (unpaired) electrons. The largest absolute Gasteiger partial charge is 0.462 e. The number of hydrogen-bond acceptors (Lipinski definition) is 5. The molecule has 2 atom stereocenters. The van der Waals surface area contributed by atoms with E-state index in [4.69, 9.17) is 20.9 Å². The number of esters is 1. The predicted molar refractivity (Wildman–Crippen MR) is 42.1 cm³/mol. The molecule has 0 aromatic heterocycles. The third-order valence-electron chi connectivity index (χ3n) is 1.74. The minimum absolute atomic E-state index is 0.0458. The summed E-state index contributed by atoms with van der Waals surface area (Å²) in [5, 5.41) is 0. The van der Waals surface area contributed by atoms with E-state index in [-0.39, 0.29) is 25.5 Å². The molecule has 0 spiro atoms. The molecular weight excluding hydrogens is 160 g/mol. The van der Waals surface area contributed by atoms with Crippen molar-refractivity contribution in [1.29, 1.82) is 0 Å². The van der Waals surface area contributed by atoms with Crippen molar-refractivity contribution in [3.63, 3.8) is 0 Å². The Morgan fingerprint density at radius 3 is 2.83 bits per heavy atom. The van der Waals surface area contributed by atoms with Crippen molar-refractivity contribution in [2.75, 3.05) is 13.2 Å². The minimum atomic E-state index is -0.404. The van der Waals surface area contributed by atoms with Gasteiger partial charge in [-0.3, -0.25) is 4.79 Å². The van der Waals surface area contributed by atoms with Crippen molar-refractivity contribution in [3.8, 4) is 0 Å². The molecule has 1 rings (SSSR count). The fourth-order valence-electron chi connectivity index (χ4n) is 1.10. The predicted octanol–water partition coefficient (Wildman–Crippen LogP) is -1.05. The summed E-state index contributed by atoms with van der Waals surface area (Å²) in [6.45, 7) is 0.183. The molecular formula is C7H14N2O3. The number of rotatable bonds is 3. The van der Waals surface area contributed by atoms with Crippen molar-refractivity contribution >= 4 is 5.97 Å². The summed E-state index contributed by atoms with van der Waals surface area (Å²) in [4.78, 5) is 10.6. The summed E-state index contributed by atoms with van der Waals surface area (Å²) < 4.78 is 9.99. The summed E-state index contributed by atoms with van der Waals surface area (Å²) in [5.41, 5.74) is 10.5. The van der Waals surface area contributed by atoms with Crippen molar-refractivity contribution < 1.29 is 14.3 Å². The molecule has 0 saturated carbocycles.